The Morgan fingerprint density at radius 2 is 2.05 bits per heavy atom. The van der Waals surface area contributed by atoms with E-state index in [-0.39, 0.29) is 12.5 Å². The zero-order chi connectivity index (χ0) is 14.4. The average molecular weight is 274 g/mol. The normalized spacial score (nSPS) is 11.9. The second kappa shape index (κ2) is 6.77. The predicted octanol–water partition coefficient (Wildman–Crippen LogP) is 1.61. The highest BCUT2D eigenvalue weighted by Crippen LogP contribution is 2.16. The van der Waals surface area contributed by atoms with Gasteiger partial charge >= 0.3 is 0 Å². The first-order chi connectivity index (χ1) is 9.70. The van der Waals surface area contributed by atoms with Gasteiger partial charge in [-0.25, -0.2) is 4.39 Å². The summed E-state index contributed by atoms with van der Waals surface area (Å²) in [5.74, 6) is -1.54. The second-order valence-electron chi connectivity index (χ2n) is 4.36. The number of benzene rings is 1. The van der Waals surface area contributed by atoms with Crippen LogP contribution < -0.4 is 5.32 Å². The predicted molar refractivity (Wildman–Crippen MR) is 72.3 cm³/mol. The Labute approximate surface area is 116 Å². The number of rotatable bonds is 5. The van der Waals surface area contributed by atoms with Crippen LogP contribution in [0.25, 0.3) is 0 Å². The van der Waals surface area contributed by atoms with Crippen LogP contribution in [0, 0.1) is 5.82 Å². The van der Waals surface area contributed by atoms with Crippen molar-refractivity contribution in [2.75, 3.05) is 6.61 Å². The van der Waals surface area contributed by atoms with Gasteiger partial charge in [0.25, 0.3) is 0 Å². The molecule has 4 nitrogen and oxygen atoms in total. The lowest BCUT2D eigenvalue weighted by molar-refractivity contribution is -0.123. The number of aromatic nitrogens is 1. The van der Waals surface area contributed by atoms with Gasteiger partial charge in [0.15, 0.2) is 0 Å². The van der Waals surface area contributed by atoms with Crippen molar-refractivity contribution >= 4 is 5.91 Å². The summed E-state index contributed by atoms with van der Waals surface area (Å²) in [5.41, 5.74) is 1.36. The number of hydrogen-bond acceptors (Lipinski definition) is 3. The van der Waals surface area contributed by atoms with Gasteiger partial charge in [0.05, 0.1) is 12.5 Å². The number of aliphatic hydroxyl groups excluding tert-OH is 1. The van der Waals surface area contributed by atoms with E-state index in [1.54, 1.807) is 30.6 Å². The Kier molecular flexibility index (Phi) is 4.79. The third kappa shape index (κ3) is 3.61. The molecular formula is C15H15FN2O2. The lowest BCUT2D eigenvalue weighted by atomic mass is 9.99. The molecule has 5 heteroatoms. The molecule has 0 saturated heterocycles. The maximum atomic E-state index is 13.2. The van der Waals surface area contributed by atoms with Gasteiger partial charge in [0.1, 0.15) is 5.82 Å². The fraction of sp³-hybridized carbons (Fsp3) is 0.200. The molecule has 1 heterocycles. The van der Waals surface area contributed by atoms with Crippen molar-refractivity contribution in [2.45, 2.75) is 12.5 Å². The third-order valence-electron chi connectivity index (χ3n) is 2.97. The van der Waals surface area contributed by atoms with Gasteiger partial charge in [-0.3, -0.25) is 9.78 Å². The van der Waals surface area contributed by atoms with Crippen molar-refractivity contribution in [3.8, 4) is 0 Å². The Morgan fingerprint density at radius 3 is 2.70 bits per heavy atom. The number of aliphatic hydroxyl groups is 1. The highest BCUT2D eigenvalue weighted by atomic mass is 19.1. The van der Waals surface area contributed by atoms with Crippen molar-refractivity contribution in [1.82, 2.24) is 10.3 Å². The first-order valence-electron chi connectivity index (χ1n) is 6.23. The summed E-state index contributed by atoms with van der Waals surface area (Å²) in [6.07, 6.45) is 3.27. The van der Waals surface area contributed by atoms with Crippen molar-refractivity contribution in [3.05, 3.63) is 65.7 Å². The van der Waals surface area contributed by atoms with Crippen LogP contribution in [-0.4, -0.2) is 22.6 Å². The first-order valence-corrected chi connectivity index (χ1v) is 6.23. The molecular weight excluding hydrogens is 259 g/mol. The van der Waals surface area contributed by atoms with Crippen molar-refractivity contribution in [2.24, 2.45) is 0 Å². The molecule has 0 bridgehead atoms. The van der Waals surface area contributed by atoms with Crippen LogP contribution >= 0.6 is 0 Å². The zero-order valence-electron chi connectivity index (χ0n) is 10.8. The van der Waals surface area contributed by atoms with E-state index >= 15 is 0 Å². The molecule has 0 radical (unpaired) electrons. The standard InChI is InChI=1S/C15H15FN2O2/c16-13-3-1-2-12(8-13)14(10-19)15(20)18-9-11-4-6-17-7-5-11/h1-8,14,19H,9-10H2,(H,18,20). The summed E-state index contributed by atoms with van der Waals surface area (Å²) in [7, 11) is 0. The molecule has 0 fully saturated rings. The van der Waals surface area contributed by atoms with Crippen molar-refractivity contribution in [3.63, 3.8) is 0 Å². The zero-order valence-corrected chi connectivity index (χ0v) is 10.8. The molecule has 20 heavy (non-hydrogen) atoms. The Morgan fingerprint density at radius 1 is 1.30 bits per heavy atom. The van der Waals surface area contributed by atoms with Gasteiger partial charge in [0.2, 0.25) is 5.91 Å². The van der Waals surface area contributed by atoms with Gasteiger partial charge in [0, 0.05) is 18.9 Å². The smallest absolute Gasteiger partial charge is 0.230 e. The number of carbonyl (C=O) groups is 1. The average Bonchev–Trinajstić information content (AvgIpc) is 2.47. The van der Waals surface area contributed by atoms with E-state index in [1.165, 1.54) is 18.2 Å². The number of amides is 1. The van der Waals surface area contributed by atoms with Crippen LogP contribution in [0.15, 0.2) is 48.8 Å². The number of nitrogens with zero attached hydrogens (tertiary/aromatic N) is 1. The molecule has 1 amide bonds. The molecule has 0 spiro atoms. The minimum atomic E-state index is -0.771. The SMILES string of the molecule is O=C(NCc1ccncc1)C(CO)c1cccc(F)c1. The maximum Gasteiger partial charge on any atom is 0.230 e. The molecule has 1 atom stereocenters. The summed E-state index contributed by atoms with van der Waals surface area (Å²) < 4.78 is 13.2. The molecule has 0 aliphatic heterocycles. The number of nitrogens with one attached hydrogen (secondary N) is 1. The topological polar surface area (TPSA) is 62.2 Å². The second-order valence-corrected chi connectivity index (χ2v) is 4.36. The molecule has 0 aliphatic rings. The number of pyridine rings is 1. The molecule has 0 aliphatic carbocycles. The molecule has 1 aromatic heterocycles. The van der Waals surface area contributed by atoms with Crippen LogP contribution in [0.3, 0.4) is 0 Å². The van der Waals surface area contributed by atoms with Gasteiger partial charge < -0.3 is 10.4 Å². The van der Waals surface area contributed by atoms with Crippen LogP contribution in [0.1, 0.15) is 17.0 Å². The minimum Gasteiger partial charge on any atom is -0.395 e. The Hall–Kier alpha value is -2.27. The lowest BCUT2D eigenvalue weighted by Crippen LogP contribution is -2.30. The molecule has 2 aromatic rings. The third-order valence-corrected chi connectivity index (χ3v) is 2.97. The Balaban J connectivity index is 2.02. The number of halogens is 1. The molecule has 1 aromatic carbocycles. The highest BCUT2D eigenvalue weighted by molar-refractivity contribution is 5.83. The van der Waals surface area contributed by atoms with Gasteiger partial charge in [-0.2, -0.15) is 0 Å². The number of hydrogen-bond donors (Lipinski definition) is 2. The summed E-state index contributed by atoms with van der Waals surface area (Å²) in [6.45, 7) is -0.0290. The first kappa shape index (κ1) is 14.1. The van der Waals surface area contributed by atoms with E-state index in [1.807, 2.05) is 0 Å². The summed E-state index contributed by atoms with van der Waals surface area (Å²) in [5, 5.41) is 12.1. The van der Waals surface area contributed by atoms with Gasteiger partial charge in [-0.05, 0) is 35.4 Å². The van der Waals surface area contributed by atoms with Crippen molar-refractivity contribution < 1.29 is 14.3 Å². The van der Waals surface area contributed by atoms with Gasteiger partial charge in [-0.15, -0.1) is 0 Å². The van der Waals surface area contributed by atoms with Crippen LogP contribution in [0.2, 0.25) is 0 Å². The van der Waals surface area contributed by atoms with E-state index in [0.29, 0.717) is 12.1 Å². The van der Waals surface area contributed by atoms with Crippen LogP contribution in [0.5, 0.6) is 0 Å². The summed E-state index contributed by atoms with van der Waals surface area (Å²) in [6, 6.07) is 9.27. The van der Waals surface area contributed by atoms with E-state index in [9.17, 15) is 14.3 Å². The number of carbonyl (C=O) groups excluding carboxylic acids is 1. The van der Waals surface area contributed by atoms with E-state index in [4.69, 9.17) is 0 Å². The quantitative estimate of drug-likeness (QED) is 0.870. The fourth-order valence-electron chi connectivity index (χ4n) is 1.88. The Bertz CT molecular complexity index is 575. The molecule has 2 N–H and O–H groups in total. The summed E-state index contributed by atoms with van der Waals surface area (Å²) in [4.78, 5) is 15.9. The summed E-state index contributed by atoms with van der Waals surface area (Å²) >= 11 is 0. The van der Waals surface area contributed by atoms with E-state index in [2.05, 4.69) is 10.3 Å². The maximum absolute atomic E-state index is 13.2. The molecule has 104 valence electrons. The lowest BCUT2D eigenvalue weighted by Gasteiger charge is -2.15. The van der Waals surface area contributed by atoms with Crippen LogP contribution in [-0.2, 0) is 11.3 Å². The molecule has 0 saturated carbocycles. The monoisotopic (exact) mass is 274 g/mol. The van der Waals surface area contributed by atoms with E-state index in [0.717, 1.165) is 5.56 Å². The largest absolute Gasteiger partial charge is 0.395 e. The molecule has 2 rings (SSSR count). The minimum absolute atomic E-state index is 0.338. The van der Waals surface area contributed by atoms with Crippen molar-refractivity contribution in [1.29, 1.82) is 0 Å². The van der Waals surface area contributed by atoms with E-state index < -0.39 is 11.7 Å². The molecule has 1 unspecified atom stereocenters. The van der Waals surface area contributed by atoms with Crippen LogP contribution in [0.4, 0.5) is 4.39 Å². The fourth-order valence-corrected chi connectivity index (χ4v) is 1.88. The van der Waals surface area contributed by atoms with Gasteiger partial charge in [-0.1, -0.05) is 12.1 Å². The highest BCUT2D eigenvalue weighted by Gasteiger charge is 2.19.